The average molecular weight is 272 g/mol. The van der Waals surface area contributed by atoms with Crippen LogP contribution in [0.4, 0.5) is 0 Å². The van der Waals surface area contributed by atoms with E-state index in [9.17, 15) is 9.90 Å². The maximum atomic E-state index is 11.3. The van der Waals surface area contributed by atoms with E-state index in [0.29, 0.717) is 23.6 Å². The van der Waals surface area contributed by atoms with Crippen LogP contribution in [-0.2, 0) is 0 Å². The molecule has 0 spiro atoms. The van der Waals surface area contributed by atoms with Crippen molar-refractivity contribution in [2.45, 2.75) is 32.3 Å². The molecule has 5 heteroatoms. The van der Waals surface area contributed by atoms with E-state index in [2.05, 4.69) is 0 Å². The van der Waals surface area contributed by atoms with Crippen molar-refractivity contribution in [3.63, 3.8) is 0 Å². The molecule has 0 aromatic heterocycles. The second-order valence-corrected chi connectivity index (χ2v) is 4.66. The van der Waals surface area contributed by atoms with Crippen molar-refractivity contribution in [1.82, 2.24) is 0 Å². The van der Waals surface area contributed by atoms with E-state index >= 15 is 0 Å². The van der Waals surface area contributed by atoms with Gasteiger partial charge in [0.1, 0.15) is 12.4 Å². The Kier molecular flexibility index (Phi) is 4.99. The minimum Gasteiger partial charge on any atom is -0.490 e. The van der Waals surface area contributed by atoms with Crippen LogP contribution in [0, 0.1) is 0 Å². The number of halogens is 1. The largest absolute Gasteiger partial charge is 0.490 e. The van der Waals surface area contributed by atoms with Gasteiger partial charge in [-0.3, -0.25) is 4.79 Å². The molecule has 18 heavy (non-hydrogen) atoms. The minimum absolute atomic E-state index is 0.113. The van der Waals surface area contributed by atoms with E-state index in [0.717, 1.165) is 0 Å². The van der Waals surface area contributed by atoms with Crippen molar-refractivity contribution >= 4 is 17.5 Å². The first-order valence-electron chi connectivity index (χ1n) is 5.86. The molecule has 1 amide bonds. The monoisotopic (exact) mass is 271 g/mol. The van der Waals surface area contributed by atoms with E-state index < -0.39 is 11.5 Å². The highest BCUT2D eigenvalue weighted by Gasteiger charge is 2.24. The van der Waals surface area contributed by atoms with E-state index in [-0.39, 0.29) is 12.2 Å². The van der Waals surface area contributed by atoms with Gasteiger partial charge in [0, 0.05) is 5.02 Å². The van der Waals surface area contributed by atoms with E-state index in [1.807, 2.05) is 13.8 Å². The zero-order chi connectivity index (χ0) is 13.8. The number of hydrogen-bond acceptors (Lipinski definition) is 3. The number of benzene rings is 1. The Labute approximate surface area is 112 Å². The highest BCUT2D eigenvalue weighted by molar-refractivity contribution is 6.31. The van der Waals surface area contributed by atoms with Gasteiger partial charge in [0.05, 0.1) is 11.2 Å². The molecular weight excluding hydrogens is 254 g/mol. The molecule has 0 aliphatic heterocycles. The van der Waals surface area contributed by atoms with Gasteiger partial charge in [0.2, 0.25) is 0 Å². The molecule has 1 aromatic carbocycles. The fourth-order valence-corrected chi connectivity index (χ4v) is 1.66. The third kappa shape index (κ3) is 3.62. The lowest BCUT2D eigenvalue weighted by Gasteiger charge is -2.25. The molecule has 0 heterocycles. The van der Waals surface area contributed by atoms with Crippen LogP contribution >= 0.6 is 11.6 Å². The Balaban J connectivity index is 2.88. The molecule has 0 atom stereocenters. The smallest absolute Gasteiger partial charge is 0.252 e. The van der Waals surface area contributed by atoms with Crippen molar-refractivity contribution in [3.05, 3.63) is 28.8 Å². The van der Waals surface area contributed by atoms with Crippen LogP contribution in [0.15, 0.2) is 18.2 Å². The summed E-state index contributed by atoms with van der Waals surface area (Å²) in [5.74, 6) is -0.267. The highest BCUT2D eigenvalue weighted by atomic mass is 35.5. The quantitative estimate of drug-likeness (QED) is 0.834. The van der Waals surface area contributed by atoms with Crippen molar-refractivity contribution in [3.8, 4) is 5.75 Å². The molecule has 100 valence electrons. The second-order valence-electron chi connectivity index (χ2n) is 4.22. The predicted molar refractivity (Wildman–Crippen MR) is 71.0 cm³/mol. The van der Waals surface area contributed by atoms with Crippen molar-refractivity contribution in [2.75, 3.05) is 6.61 Å². The van der Waals surface area contributed by atoms with Crippen LogP contribution in [-0.4, -0.2) is 23.2 Å². The molecular formula is C13H18ClNO3. The average Bonchev–Trinajstić information content (AvgIpc) is 2.36. The lowest BCUT2D eigenvalue weighted by molar-refractivity contribution is -0.0115. The Morgan fingerprint density at radius 3 is 2.56 bits per heavy atom. The van der Waals surface area contributed by atoms with Crippen LogP contribution in [0.25, 0.3) is 0 Å². The van der Waals surface area contributed by atoms with Gasteiger partial charge in [-0.05, 0) is 31.0 Å². The lowest BCUT2D eigenvalue weighted by Crippen LogP contribution is -2.34. The van der Waals surface area contributed by atoms with Gasteiger partial charge in [-0.2, -0.15) is 0 Å². The molecule has 0 aliphatic rings. The lowest BCUT2D eigenvalue weighted by atomic mass is 9.99. The van der Waals surface area contributed by atoms with Gasteiger partial charge in [-0.1, -0.05) is 25.4 Å². The summed E-state index contributed by atoms with van der Waals surface area (Å²) >= 11 is 5.79. The normalized spacial score (nSPS) is 11.3. The number of primary amides is 1. The summed E-state index contributed by atoms with van der Waals surface area (Å²) in [5, 5.41) is 10.5. The molecule has 3 N–H and O–H groups in total. The zero-order valence-electron chi connectivity index (χ0n) is 10.6. The number of nitrogens with two attached hydrogens (primary N) is 1. The predicted octanol–water partition coefficient (Wildman–Crippen LogP) is 2.37. The molecule has 4 nitrogen and oxygen atoms in total. The number of amides is 1. The standard InChI is InChI=1S/C13H18ClNO3/c1-3-13(17,4-2)8-18-11-6-5-9(14)7-10(11)12(15)16/h5-7,17H,3-4,8H2,1-2H3,(H2,15,16). The third-order valence-electron chi connectivity index (χ3n) is 3.02. The van der Waals surface area contributed by atoms with Crippen LogP contribution in [0.2, 0.25) is 5.02 Å². The Bertz CT molecular complexity index is 430. The molecule has 0 saturated heterocycles. The summed E-state index contributed by atoms with van der Waals surface area (Å²) < 4.78 is 5.49. The maximum Gasteiger partial charge on any atom is 0.252 e. The van der Waals surface area contributed by atoms with Gasteiger partial charge in [0.25, 0.3) is 5.91 Å². The third-order valence-corrected chi connectivity index (χ3v) is 3.25. The number of ether oxygens (including phenoxy) is 1. The number of aliphatic hydroxyl groups is 1. The molecule has 1 aromatic rings. The molecule has 0 bridgehead atoms. The molecule has 1 rings (SSSR count). The van der Waals surface area contributed by atoms with Gasteiger partial charge in [-0.25, -0.2) is 0 Å². The van der Waals surface area contributed by atoms with E-state index in [1.165, 1.54) is 6.07 Å². The number of carbonyl (C=O) groups is 1. The number of carbonyl (C=O) groups excluding carboxylic acids is 1. The topological polar surface area (TPSA) is 72.6 Å². The summed E-state index contributed by atoms with van der Waals surface area (Å²) in [6.45, 7) is 3.87. The summed E-state index contributed by atoms with van der Waals surface area (Å²) in [6.07, 6.45) is 1.14. The Morgan fingerprint density at radius 1 is 1.44 bits per heavy atom. The minimum atomic E-state index is -0.894. The van der Waals surface area contributed by atoms with Gasteiger partial charge < -0.3 is 15.6 Å². The van der Waals surface area contributed by atoms with Crippen molar-refractivity contribution in [2.24, 2.45) is 5.73 Å². The van der Waals surface area contributed by atoms with Gasteiger partial charge in [0.15, 0.2) is 0 Å². The zero-order valence-corrected chi connectivity index (χ0v) is 11.3. The molecule has 0 aliphatic carbocycles. The molecule has 0 unspecified atom stereocenters. The second kappa shape index (κ2) is 6.07. The highest BCUT2D eigenvalue weighted by Crippen LogP contribution is 2.24. The fraction of sp³-hybridized carbons (Fsp3) is 0.462. The van der Waals surface area contributed by atoms with Crippen molar-refractivity contribution in [1.29, 1.82) is 0 Å². The van der Waals surface area contributed by atoms with Crippen LogP contribution in [0.3, 0.4) is 0 Å². The van der Waals surface area contributed by atoms with Crippen LogP contribution in [0.1, 0.15) is 37.0 Å². The summed E-state index contributed by atoms with van der Waals surface area (Å²) in [6, 6.07) is 4.64. The summed E-state index contributed by atoms with van der Waals surface area (Å²) in [5.41, 5.74) is 4.57. The Morgan fingerprint density at radius 2 is 2.06 bits per heavy atom. The SMILES string of the molecule is CCC(O)(CC)COc1ccc(Cl)cc1C(N)=O. The molecule has 0 fully saturated rings. The number of rotatable bonds is 6. The maximum absolute atomic E-state index is 11.3. The van der Waals surface area contributed by atoms with E-state index in [1.54, 1.807) is 12.1 Å². The first kappa shape index (κ1) is 14.8. The van der Waals surface area contributed by atoms with Gasteiger partial charge in [-0.15, -0.1) is 0 Å². The molecule has 0 saturated carbocycles. The van der Waals surface area contributed by atoms with Crippen LogP contribution < -0.4 is 10.5 Å². The Hall–Kier alpha value is -1.26. The molecule has 0 radical (unpaired) electrons. The fourth-order valence-electron chi connectivity index (χ4n) is 1.49. The number of hydrogen-bond donors (Lipinski definition) is 2. The first-order chi connectivity index (χ1) is 8.41. The first-order valence-corrected chi connectivity index (χ1v) is 6.24. The van der Waals surface area contributed by atoms with E-state index in [4.69, 9.17) is 22.1 Å². The van der Waals surface area contributed by atoms with Crippen molar-refractivity contribution < 1.29 is 14.6 Å². The summed E-state index contributed by atoms with van der Waals surface area (Å²) in [4.78, 5) is 11.3. The van der Waals surface area contributed by atoms with Crippen LogP contribution in [0.5, 0.6) is 5.75 Å². The van der Waals surface area contributed by atoms with Gasteiger partial charge >= 0.3 is 0 Å². The summed E-state index contributed by atoms with van der Waals surface area (Å²) in [7, 11) is 0.